The Labute approximate surface area is 98.5 Å². The highest BCUT2D eigenvalue weighted by molar-refractivity contribution is 5.85. The van der Waals surface area contributed by atoms with E-state index in [-0.39, 0.29) is 6.79 Å². The lowest BCUT2D eigenvalue weighted by molar-refractivity contribution is 0.174. The molecule has 88 valence electrons. The Morgan fingerprint density at radius 2 is 2.06 bits per heavy atom. The number of pyridine rings is 1. The van der Waals surface area contributed by atoms with E-state index in [9.17, 15) is 0 Å². The fourth-order valence-corrected chi connectivity index (χ4v) is 2.00. The Morgan fingerprint density at radius 3 is 2.76 bits per heavy atom. The van der Waals surface area contributed by atoms with Gasteiger partial charge in [-0.25, -0.2) is 10.8 Å². The maximum atomic E-state index is 5.46. The third-order valence-electron chi connectivity index (χ3n) is 2.91. The SMILES string of the molecule is CCc1cc2cc3c(cc2nc1NN)OCO3. The van der Waals surface area contributed by atoms with Crippen LogP contribution in [0.5, 0.6) is 11.5 Å². The fourth-order valence-electron chi connectivity index (χ4n) is 2.00. The van der Waals surface area contributed by atoms with E-state index >= 15 is 0 Å². The number of aromatic nitrogens is 1. The maximum Gasteiger partial charge on any atom is 0.231 e. The van der Waals surface area contributed by atoms with Gasteiger partial charge in [0.1, 0.15) is 5.82 Å². The summed E-state index contributed by atoms with van der Waals surface area (Å²) in [6, 6.07) is 5.89. The van der Waals surface area contributed by atoms with Gasteiger partial charge in [-0.1, -0.05) is 6.92 Å². The van der Waals surface area contributed by atoms with Gasteiger partial charge in [0.25, 0.3) is 0 Å². The first kappa shape index (κ1) is 10.2. The standard InChI is InChI=1S/C12H13N3O2/c1-2-7-3-8-4-10-11(17-6-16-10)5-9(8)14-12(7)15-13/h3-5H,2,6,13H2,1H3,(H,14,15). The van der Waals surface area contributed by atoms with Crippen molar-refractivity contribution in [3.63, 3.8) is 0 Å². The number of nitrogens with two attached hydrogens (primary N) is 1. The first-order valence-corrected chi connectivity index (χ1v) is 5.51. The second kappa shape index (κ2) is 3.78. The molecule has 3 rings (SSSR count). The molecule has 1 aromatic heterocycles. The summed E-state index contributed by atoms with van der Waals surface area (Å²) in [6.45, 7) is 2.34. The van der Waals surface area contributed by atoms with E-state index < -0.39 is 0 Å². The topological polar surface area (TPSA) is 69.4 Å². The lowest BCUT2D eigenvalue weighted by Gasteiger charge is -2.08. The Hall–Kier alpha value is -2.01. The Kier molecular flexibility index (Phi) is 2.26. The molecule has 0 atom stereocenters. The molecule has 1 aromatic carbocycles. The third-order valence-corrected chi connectivity index (χ3v) is 2.91. The van der Waals surface area contributed by atoms with Crippen molar-refractivity contribution in [2.75, 3.05) is 12.2 Å². The molecule has 5 nitrogen and oxygen atoms in total. The molecule has 0 aliphatic carbocycles. The van der Waals surface area contributed by atoms with Gasteiger partial charge in [0, 0.05) is 11.5 Å². The summed E-state index contributed by atoms with van der Waals surface area (Å²) in [5.41, 5.74) is 4.55. The molecule has 0 saturated heterocycles. The molecule has 5 heteroatoms. The number of nitrogens with zero attached hydrogens (tertiary/aromatic N) is 1. The number of nitrogens with one attached hydrogen (secondary N) is 1. The third kappa shape index (κ3) is 1.55. The van der Waals surface area contributed by atoms with Crippen molar-refractivity contribution in [3.8, 4) is 11.5 Å². The van der Waals surface area contributed by atoms with Gasteiger partial charge in [-0.2, -0.15) is 0 Å². The van der Waals surface area contributed by atoms with Crippen LogP contribution in [0.25, 0.3) is 10.9 Å². The first-order chi connectivity index (χ1) is 8.31. The second-order valence-corrected chi connectivity index (χ2v) is 3.89. The van der Waals surface area contributed by atoms with Crippen LogP contribution in [0.4, 0.5) is 5.82 Å². The van der Waals surface area contributed by atoms with Crippen LogP contribution in [0.15, 0.2) is 18.2 Å². The van der Waals surface area contributed by atoms with E-state index in [0.717, 1.165) is 34.4 Å². The number of hydrazine groups is 1. The summed E-state index contributed by atoms with van der Waals surface area (Å²) in [4.78, 5) is 4.47. The zero-order valence-corrected chi connectivity index (χ0v) is 9.49. The molecule has 2 aromatic rings. The quantitative estimate of drug-likeness (QED) is 0.609. The molecule has 0 unspecified atom stereocenters. The highest BCUT2D eigenvalue weighted by atomic mass is 16.7. The minimum absolute atomic E-state index is 0.272. The Bertz CT molecular complexity index is 533. The number of rotatable bonds is 2. The second-order valence-electron chi connectivity index (χ2n) is 3.89. The van der Waals surface area contributed by atoms with Gasteiger partial charge < -0.3 is 14.9 Å². The van der Waals surface area contributed by atoms with Gasteiger partial charge in [0.2, 0.25) is 6.79 Å². The van der Waals surface area contributed by atoms with Crippen LogP contribution in [0.1, 0.15) is 12.5 Å². The predicted molar refractivity (Wildman–Crippen MR) is 65.1 cm³/mol. The molecule has 0 saturated carbocycles. The van der Waals surface area contributed by atoms with Crippen LogP contribution in [-0.2, 0) is 6.42 Å². The monoisotopic (exact) mass is 231 g/mol. The predicted octanol–water partition coefficient (Wildman–Crippen LogP) is 1.81. The normalized spacial score (nSPS) is 13.1. The van der Waals surface area contributed by atoms with Crippen molar-refractivity contribution in [2.24, 2.45) is 5.84 Å². The molecule has 17 heavy (non-hydrogen) atoms. The Balaban J connectivity index is 2.25. The van der Waals surface area contributed by atoms with Crippen LogP contribution in [0.2, 0.25) is 0 Å². The van der Waals surface area contributed by atoms with Gasteiger partial charge in [0.15, 0.2) is 11.5 Å². The number of hydrogen-bond donors (Lipinski definition) is 2. The van der Waals surface area contributed by atoms with Crippen molar-refractivity contribution < 1.29 is 9.47 Å². The molecule has 1 aliphatic rings. The van der Waals surface area contributed by atoms with E-state index in [4.69, 9.17) is 15.3 Å². The molecule has 0 amide bonds. The van der Waals surface area contributed by atoms with Gasteiger partial charge in [-0.3, -0.25) is 0 Å². The van der Waals surface area contributed by atoms with Gasteiger partial charge in [0.05, 0.1) is 5.52 Å². The van der Waals surface area contributed by atoms with Crippen molar-refractivity contribution in [2.45, 2.75) is 13.3 Å². The van der Waals surface area contributed by atoms with Gasteiger partial charge in [-0.05, 0) is 24.1 Å². The minimum atomic E-state index is 0.272. The van der Waals surface area contributed by atoms with E-state index in [1.807, 2.05) is 12.1 Å². The number of nitrogen functional groups attached to an aromatic ring is 1. The summed E-state index contributed by atoms with van der Waals surface area (Å²) in [5, 5.41) is 1.03. The van der Waals surface area contributed by atoms with E-state index in [2.05, 4.69) is 23.4 Å². The average molecular weight is 231 g/mol. The van der Waals surface area contributed by atoms with Crippen LogP contribution < -0.4 is 20.7 Å². The maximum absolute atomic E-state index is 5.46. The lowest BCUT2D eigenvalue weighted by atomic mass is 10.1. The molecule has 2 heterocycles. The number of ether oxygens (including phenoxy) is 2. The van der Waals surface area contributed by atoms with Crippen molar-refractivity contribution in [1.82, 2.24) is 4.98 Å². The van der Waals surface area contributed by atoms with Gasteiger partial charge in [-0.15, -0.1) is 0 Å². The summed E-state index contributed by atoms with van der Waals surface area (Å²) in [7, 11) is 0. The molecule has 0 bridgehead atoms. The number of anilines is 1. The van der Waals surface area contributed by atoms with Crippen LogP contribution in [0, 0.1) is 0 Å². The fraction of sp³-hybridized carbons (Fsp3) is 0.250. The molecule has 0 fully saturated rings. The smallest absolute Gasteiger partial charge is 0.231 e. The molecule has 3 N–H and O–H groups in total. The summed E-state index contributed by atoms with van der Waals surface area (Å²) >= 11 is 0. The minimum Gasteiger partial charge on any atom is -0.454 e. The molecule has 0 spiro atoms. The highest BCUT2D eigenvalue weighted by Gasteiger charge is 2.15. The lowest BCUT2D eigenvalue weighted by Crippen LogP contribution is -2.11. The van der Waals surface area contributed by atoms with Crippen LogP contribution in [-0.4, -0.2) is 11.8 Å². The number of hydrogen-bond acceptors (Lipinski definition) is 5. The van der Waals surface area contributed by atoms with Crippen molar-refractivity contribution >= 4 is 16.7 Å². The van der Waals surface area contributed by atoms with Crippen molar-refractivity contribution in [1.29, 1.82) is 0 Å². The Morgan fingerprint density at radius 1 is 1.29 bits per heavy atom. The zero-order valence-electron chi connectivity index (χ0n) is 9.49. The van der Waals surface area contributed by atoms with Crippen LogP contribution in [0.3, 0.4) is 0 Å². The molecular formula is C12H13N3O2. The molecular weight excluding hydrogens is 218 g/mol. The summed E-state index contributed by atoms with van der Waals surface area (Å²) in [6.07, 6.45) is 0.872. The van der Waals surface area contributed by atoms with Gasteiger partial charge >= 0.3 is 0 Å². The van der Waals surface area contributed by atoms with Crippen molar-refractivity contribution in [3.05, 3.63) is 23.8 Å². The molecule has 0 radical (unpaired) electrons. The zero-order chi connectivity index (χ0) is 11.8. The summed E-state index contributed by atoms with van der Waals surface area (Å²) < 4.78 is 10.7. The number of aryl methyl sites for hydroxylation is 1. The first-order valence-electron chi connectivity index (χ1n) is 5.51. The highest BCUT2D eigenvalue weighted by Crippen LogP contribution is 2.36. The number of benzene rings is 1. The van der Waals surface area contributed by atoms with E-state index in [0.29, 0.717) is 5.82 Å². The average Bonchev–Trinajstić information content (AvgIpc) is 2.81. The summed E-state index contributed by atoms with van der Waals surface area (Å²) in [5.74, 6) is 7.68. The van der Waals surface area contributed by atoms with E-state index in [1.165, 1.54) is 0 Å². The molecule has 1 aliphatic heterocycles. The van der Waals surface area contributed by atoms with Crippen LogP contribution >= 0.6 is 0 Å². The largest absolute Gasteiger partial charge is 0.454 e. The number of fused-ring (bicyclic) bond motifs is 2. The van der Waals surface area contributed by atoms with E-state index in [1.54, 1.807) is 0 Å².